The van der Waals surface area contributed by atoms with Crippen LogP contribution in [0.15, 0.2) is 18.2 Å². The first-order chi connectivity index (χ1) is 9.42. The third-order valence-corrected chi connectivity index (χ3v) is 3.08. The zero-order chi connectivity index (χ0) is 15.3. The van der Waals surface area contributed by atoms with Gasteiger partial charge in [-0.3, -0.25) is 14.9 Å². The van der Waals surface area contributed by atoms with Crippen molar-refractivity contribution in [3.8, 4) is 0 Å². The Morgan fingerprint density at radius 3 is 2.70 bits per heavy atom. The number of carbonyl (C=O) groups is 1. The average molecular weight is 281 g/mol. The van der Waals surface area contributed by atoms with Gasteiger partial charge in [-0.1, -0.05) is 0 Å². The first kappa shape index (κ1) is 15.9. The Morgan fingerprint density at radius 1 is 1.55 bits per heavy atom. The van der Waals surface area contributed by atoms with Crippen LogP contribution in [-0.4, -0.2) is 42.2 Å². The van der Waals surface area contributed by atoms with Crippen molar-refractivity contribution in [3.05, 3.63) is 33.9 Å². The fourth-order valence-electron chi connectivity index (χ4n) is 1.73. The number of aliphatic hydroxyl groups is 1. The molecule has 0 saturated carbocycles. The van der Waals surface area contributed by atoms with Crippen LogP contribution in [-0.2, 0) is 0 Å². The smallest absolute Gasteiger partial charge is 0.293 e. The molecule has 7 nitrogen and oxygen atoms in total. The summed E-state index contributed by atoms with van der Waals surface area (Å²) in [5.41, 5.74) is 0.452. The molecule has 20 heavy (non-hydrogen) atoms. The van der Waals surface area contributed by atoms with Gasteiger partial charge in [0.1, 0.15) is 5.69 Å². The van der Waals surface area contributed by atoms with Crippen LogP contribution in [0.25, 0.3) is 0 Å². The number of anilines is 1. The van der Waals surface area contributed by atoms with E-state index in [9.17, 15) is 14.9 Å². The number of nitro groups is 1. The van der Waals surface area contributed by atoms with Crippen molar-refractivity contribution < 1.29 is 14.8 Å². The van der Waals surface area contributed by atoms with E-state index in [0.717, 1.165) is 0 Å². The van der Waals surface area contributed by atoms with Gasteiger partial charge in [0.05, 0.1) is 11.5 Å². The fraction of sp³-hybridized carbons (Fsp3) is 0.462. The van der Waals surface area contributed by atoms with Crippen molar-refractivity contribution in [2.75, 3.05) is 25.1 Å². The van der Waals surface area contributed by atoms with Crippen LogP contribution in [0.1, 0.15) is 24.2 Å². The lowest BCUT2D eigenvalue weighted by Gasteiger charge is -2.25. The van der Waals surface area contributed by atoms with E-state index in [1.54, 1.807) is 25.8 Å². The van der Waals surface area contributed by atoms with E-state index < -0.39 is 4.92 Å². The zero-order valence-electron chi connectivity index (χ0n) is 11.8. The molecule has 0 aliphatic heterocycles. The Bertz CT molecular complexity index is 504. The molecule has 1 amide bonds. The molecule has 0 radical (unpaired) electrons. The maximum absolute atomic E-state index is 11.7. The first-order valence-electron chi connectivity index (χ1n) is 6.32. The molecule has 0 spiro atoms. The van der Waals surface area contributed by atoms with Crippen LogP contribution < -0.4 is 10.2 Å². The normalized spacial score (nSPS) is 11.8. The van der Waals surface area contributed by atoms with Gasteiger partial charge in [-0.25, -0.2) is 0 Å². The minimum absolute atomic E-state index is 0.119. The second kappa shape index (κ2) is 6.85. The number of nitro benzene ring substituents is 1. The molecule has 0 heterocycles. The van der Waals surface area contributed by atoms with Crippen molar-refractivity contribution in [1.82, 2.24) is 5.32 Å². The van der Waals surface area contributed by atoms with Gasteiger partial charge in [0, 0.05) is 31.3 Å². The Labute approximate surface area is 117 Å². The highest BCUT2D eigenvalue weighted by atomic mass is 16.6. The van der Waals surface area contributed by atoms with E-state index in [1.165, 1.54) is 18.2 Å². The fourth-order valence-corrected chi connectivity index (χ4v) is 1.73. The number of nitrogens with zero attached hydrogens (tertiary/aromatic N) is 2. The number of rotatable bonds is 6. The third-order valence-electron chi connectivity index (χ3n) is 3.08. The predicted octanol–water partition coefficient (Wildman–Crippen LogP) is 1.16. The molecule has 1 atom stereocenters. The Balaban J connectivity index is 3.21. The van der Waals surface area contributed by atoms with Crippen LogP contribution >= 0.6 is 0 Å². The van der Waals surface area contributed by atoms with Crippen molar-refractivity contribution in [3.63, 3.8) is 0 Å². The lowest BCUT2D eigenvalue weighted by Crippen LogP contribution is -2.32. The first-order valence-corrected chi connectivity index (χ1v) is 6.32. The van der Waals surface area contributed by atoms with Gasteiger partial charge in [-0.2, -0.15) is 0 Å². The summed E-state index contributed by atoms with van der Waals surface area (Å²) in [6.07, 6.45) is 0. The number of hydrogen-bond acceptors (Lipinski definition) is 5. The van der Waals surface area contributed by atoms with Crippen LogP contribution in [0.2, 0.25) is 0 Å². The molecule has 0 fully saturated rings. The lowest BCUT2D eigenvalue weighted by molar-refractivity contribution is -0.384. The molecule has 0 aliphatic carbocycles. The molecule has 0 saturated heterocycles. The molecule has 1 aromatic carbocycles. The van der Waals surface area contributed by atoms with Gasteiger partial charge in [-0.05, 0) is 26.0 Å². The number of likely N-dealkylation sites (N-methyl/N-ethyl adjacent to an activating group) is 1. The SMILES string of the molecule is CCNC(=O)c1ccc(N(C)C(C)CO)c([N+](=O)[O-])c1. The molecule has 1 unspecified atom stereocenters. The number of amides is 1. The van der Waals surface area contributed by atoms with Crippen LogP contribution in [0.3, 0.4) is 0 Å². The highest BCUT2D eigenvalue weighted by Gasteiger charge is 2.22. The molecule has 1 aromatic rings. The number of aliphatic hydroxyl groups excluding tert-OH is 1. The largest absolute Gasteiger partial charge is 0.394 e. The zero-order valence-corrected chi connectivity index (χ0v) is 11.8. The summed E-state index contributed by atoms with van der Waals surface area (Å²) in [5, 5.41) is 22.9. The molecular weight excluding hydrogens is 262 g/mol. The second-order valence-corrected chi connectivity index (χ2v) is 4.46. The van der Waals surface area contributed by atoms with E-state index in [1.807, 2.05) is 0 Å². The highest BCUT2D eigenvalue weighted by molar-refractivity contribution is 5.95. The summed E-state index contributed by atoms with van der Waals surface area (Å²) in [6, 6.07) is 4.05. The number of hydrogen-bond donors (Lipinski definition) is 2. The maximum atomic E-state index is 11.7. The number of benzene rings is 1. The van der Waals surface area contributed by atoms with Crippen molar-refractivity contribution in [2.45, 2.75) is 19.9 Å². The summed E-state index contributed by atoms with van der Waals surface area (Å²) in [5.74, 6) is -0.347. The molecule has 7 heteroatoms. The van der Waals surface area contributed by atoms with Gasteiger partial charge in [0.15, 0.2) is 0 Å². The summed E-state index contributed by atoms with van der Waals surface area (Å²) < 4.78 is 0. The topological polar surface area (TPSA) is 95.7 Å². The van der Waals surface area contributed by atoms with Crippen LogP contribution in [0, 0.1) is 10.1 Å². The van der Waals surface area contributed by atoms with E-state index in [4.69, 9.17) is 5.11 Å². The van der Waals surface area contributed by atoms with Crippen LogP contribution in [0.5, 0.6) is 0 Å². The third kappa shape index (κ3) is 3.45. The average Bonchev–Trinajstić information content (AvgIpc) is 2.45. The molecule has 0 aliphatic rings. The van der Waals surface area contributed by atoms with E-state index in [0.29, 0.717) is 12.2 Å². The Hall–Kier alpha value is -2.15. The monoisotopic (exact) mass is 281 g/mol. The Kier molecular flexibility index (Phi) is 5.45. The number of nitrogens with one attached hydrogen (secondary N) is 1. The second-order valence-electron chi connectivity index (χ2n) is 4.46. The molecule has 2 N–H and O–H groups in total. The van der Waals surface area contributed by atoms with Gasteiger partial charge in [0.25, 0.3) is 11.6 Å². The molecule has 0 bridgehead atoms. The highest BCUT2D eigenvalue weighted by Crippen LogP contribution is 2.29. The maximum Gasteiger partial charge on any atom is 0.293 e. The van der Waals surface area contributed by atoms with Crippen molar-refractivity contribution in [2.24, 2.45) is 0 Å². The summed E-state index contributed by atoms with van der Waals surface area (Å²) in [4.78, 5) is 23.9. The summed E-state index contributed by atoms with van der Waals surface area (Å²) >= 11 is 0. The lowest BCUT2D eigenvalue weighted by atomic mass is 10.1. The quantitative estimate of drug-likeness (QED) is 0.602. The van der Waals surface area contributed by atoms with Crippen molar-refractivity contribution >= 4 is 17.3 Å². The molecule has 110 valence electrons. The standard InChI is InChI=1S/C13H19N3O4/c1-4-14-13(18)10-5-6-11(12(7-10)16(19)20)15(3)9(2)8-17/h5-7,9,17H,4,8H2,1-3H3,(H,14,18). The van der Waals surface area contributed by atoms with Gasteiger partial charge < -0.3 is 15.3 Å². The van der Waals surface area contributed by atoms with Gasteiger partial charge in [0.2, 0.25) is 0 Å². The predicted molar refractivity (Wildman–Crippen MR) is 76.1 cm³/mol. The van der Waals surface area contributed by atoms with Crippen molar-refractivity contribution in [1.29, 1.82) is 0 Å². The molecule has 0 aromatic heterocycles. The van der Waals surface area contributed by atoms with E-state index in [-0.39, 0.29) is 29.8 Å². The molecule has 1 rings (SSSR count). The minimum Gasteiger partial charge on any atom is -0.394 e. The van der Waals surface area contributed by atoms with Gasteiger partial charge in [-0.15, -0.1) is 0 Å². The van der Waals surface area contributed by atoms with Gasteiger partial charge >= 0.3 is 0 Å². The summed E-state index contributed by atoms with van der Waals surface area (Å²) in [7, 11) is 1.66. The Morgan fingerprint density at radius 2 is 2.20 bits per heavy atom. The molecular formula is C13H19N3O4. The van der Waals surface area contributed by atoms with Crippen LogP contribution in [0.4, 0.5) is 11.4 Å². The minimum atomic E-state index is -0.529. The number of carbonyl (C=O) groups excluding carboxylic acids is 1. The van der Waals surface area contributed by atoms with E-state index >= 15 is 0 Å². The van der Waals surface area contributed by atoms with E-state index in [2.05, 4.69) is 5.32 Å². The summed E-state index contributed by atoms with van der Waals surface area (Å²) in [6.45, 7) is 3.86.